The zero-order valence-electron chi connectivity index (χ0n) is 8.55. The predicted octanol–water partition coefficient (Wildman–Crippen LogP) is 1.82. The molecule has 1 rings (SSSR count). The van der Waals surface area contributed by atoms with Crippen molar-refractivity contribution in [3.05, 3.63) is 34.6 Å². The third kappa shape index (κ3) is 2.11. The van der Waals surface area contributed by atoms with Crippen LogP contribution in [0, 0.1) is 19.7 Å². The first-order chi connectivity index (χ1) is 6.57. The first kappa shape index (κ1) is 11.1. The second kappa shape index (κ2) is 4.53. The summed E-state index contributed by atoms with van der Waals surface area (Å²) in [5, 5.41) is 8.78. The van der Waals surface area contributed by atoms with E-state index in [1.165, 1.54) is 6.07 Å². The maximum atomic E-state index is 13.2. The van der Waals surface area contributed by atoms with E-state index in [-0.39, 0.29) is 18.5 Å². The van der Waals surface area contributed by atoms with E-state index >= 15 is 0 Å². The molecule has 3 heteroatoms. The maximum absolute atomic E-state index is 13.2. The van der Waals surface area contributed by atoms with Crippen molar-refractivity contribution in [2.75, 3.05) is 6.61 Å². The molecule has 0 aromatic heterocycles. The molecule has 1 atom stereocenters. The van der Waals surface area contributed by atoms with Crippen molar-refractivity contribution in [1.29, 1.82) is 0 Å². The fraction of sp³-hybridized carbons (Fsp3) is 0.455. The molecular weight excluding hydrogens is 181 g/mol. The summed E-state index contributed by atoms with van der Waals surface area (Å²) in [7, 11) is 0. The van der Waals surface area contributed by atoms with Crippen LogP contribution < -0.4 is 5.73 Å². The number of benzene rings is 1. The van der Waals surface area contributed by atoms with Gasteiger partial charge in [-0.05, 0) is 43.0 Å². The van der Waals surface area contributed by atoms with E-state index in [4.69, 9.17) is 10.8 Å². The van der Waals surface area contributed by atoms with Crippen LogP contribution in [-0.2, 0) is 0 Å². The highest BCUT2D eigenvalue weighted by atomic mass is 19.1. The molecule has 0 spiro atoms. The van der Waals surface area contributed by atoms with Gasteiger partial charge in [-0.2, -0.15) is 0 Å². The number of hydrogen-bond donors (Lipinski definition) is 2. The molecule has 0 bridgehead atoms. The molecule has 0 amide bonds. The zero-order valence-corrected chi connectivity index (χ0v) is 8.55. The summed E-state index contributed by atoms with van der Waals surface area (Å²) in [6, 6.07) is 2.88. The number of hydrogen-bond acceptors (Lipinski definition) is 2. The van der Waals surface area contributed by atoms with Gasteiger partial charge in [-0.1, -0.05) is 6.07 Å². The van der Waals surface area contributed by atoms with Crippen LogP contribution in [0.1, 0.15) is 29.2 Å². The Morgan fingerprint density at radius 1 is 1.43 bits per heavy atom. The van der Waals surface area contributed by atoms with Crippen LogP contribution in [0.4, 0.5) is 4.39 Å². The molecule has 1 unspecified atom stereocenters. The zero-order chi connectivity index (χ0) is 10.7. The SMILES string of the molecule is Cc1ccc(F)c(C)c1C(N)CCO. The van der Waals surface area contributed by atoms with Crippen molar-refractivity contribution in [3.8, 4) is 0 Å². The summed E-state index contributed by atoms with van der Waals surface area (Å²) >= 11 is 0. The maximum Gasteiger partial charge on any atom is 0.126 e. The Balaban J connectivity index is 3.11. The summed E-state index contributed by atoms with van der Waals surface area (Å²) < 4.78 is 13.2. The van der Waals surface area contributed by atoms with Crippen molar-refractivity contribution < 1.29 is 9.50 Å². The number of aliphatic hydroxyl groups excluding tert-OH is 1. The molecule has 1 aromatic carbocycles. The minimum absolute atomic E-state index is 0.0244. The summed E-state index contributed by atoms with van der Waals surface area (Å²) in [5.41, 5.74) is 8.23. The van der Waals surface area contributed by atoms with Gasteiger partial charge in [-0.3, -0.25) is 0 Å². The normalized spacial score (nSPS) is 12.9. The standard InChI is InChI=1S/C11H16FNO/c1-7-3-4-9(12)8(2)11(7)10(13)5-6-14/h3-4,10,14H,5-6,13H2,1-2H3. The topological polar surface area (TPSA) is 46.2 Å². The molecule has 3 N–H and O–H groups in total. The summed E-state index contributed by atoms with van der Waals surface area (Å²) in [6.45, 7) is 3.64. The van der Waals surface area contributed by atoms with Gasteiger partial charge in [0, 0.05) is 12.6 Å². The summed E-state index contributed by atoms with van der Waals surface area (Å²) in [4.78, 5) is 0. The first-order valence-corrected chi connectivity index (χ1v) is 4.70. The Bertz CT molecular complexity index is 325. The second-order valence-electron chi connectivity index (χ2n) is 3.52. The number of halogens is 1. The molecule has 1 aromatic rings. The fourth-order valence-electron chi connectivity index (χ4n) is 1.69. The molecule has 0 aliphatic rings. The Hall–Kier alpha value is -0.930. The van der Waals surface area contributed by atoms with Gasteiger partial charge >= 0.3 is 0 Å². The molecule has 14 heavy (non-hydrogen) atoms. The lowest BCUT2D eigenvalue weighted by Crippen LogP contribution is -2.15. The van der Waals surface area contributed by atoms with Crippen LogP contribution in [0.5, 0.6) is 0 Å². The predicted molar refractivity (Wildman–Crippen MR) is 54.5 cm³/mol. The Morgan fingerprint density at radius 3 is 2.64 bits per heavy atom. The molecule has 0 aliphatic heterocycles. The van der Waals surface area contributed by atoms with Gasteiger partial charge in [0.05, 0.1) is 0 Å². The highest BCUT2D eigenvalue weighted by Gasteiger charge is 2.13. The molecule has 2 nitrogen and oxygen atoms in total. The van der Waals surface area contributed by atoms with Crippen LogP contribution >= 0.6 is 0 Å². The molecule has 0 fully saturated rings. The molecule has 0 radical (unpaired) electrons. The summed E-state index contributed by atoms with van der Waals surface area (Å²) in [5.74, 6) is -0.237. The lowest BCUT2D eigenvalue weighted by molar-refractivity contribution is 0.276. The van der Waals surface area contributed by atoms with Gasteiger partial charge in [-0.25, -0.2) is 4.39 Å². The Kier molecular flexibility index (Phi) is 3.61. The van der Waals surface area contributed by atoms with Crippen molar-refractivity contribution >= 4 is 0 Å². The third-order valence-electron chi connectivity index (χ3n) is 2.48. The highest BCUT2D eigenvalue weighted by Crippen LogP contribution is 2.24. The van der Waals surface area contributed by atoms with Crippen LogP contribution in [0.3, 0.4) is 0 Å². The average molecular weight is 197 g/mol. The van der Waals surface area contributed by atoms with Gasteiger partial charge in [0.25, 0.3) is 0 Å². The van der Waals surface area contributed by atoms with Crippen LogP contribution in [0.2, 0.25) is 0 Å². The molecular formula is C11H16FNO. The number of aliphatic hydroxyl groups is 1. The average Bonchev–Trinajstić information content (AvgIpc) is 2.13. The van der Waals surface area contributed by atoms with Crippen molar-refractivity contribution in [2.24, 2.45) is 5.73 Å². The molecule has 0 aliphatic carbocycles. The molecule has 0 saturated heterocycles. The van der Waals surface area contributed by atoms with Gasteiger partial charge < -0.3 is 10.8 Å². The van der Waals surface area contributed by atoms with E-state index < -0.39 is 0 Å². The van der Waals surface area contributed by atoms with E-state index in [1.807, 2.05) is 6.92 Å². The highest BCUT2D eigenvalue weighted by molar-refractivity contribution is 5.36. The number of rotatable bonds is 3. The van der Waals surface area contributed by atoms with Crippen LogP contribution in [0.25, 0.3) is 0 Å². The molecule has 78 valence electrons. The number of nitrogens with two attached hydrogens (primary N) is 1. The van der Waals surface area contributed by atoms with E-state index in [1.54, 1.807) is 13.0 Å². The second-order valence-corrected chi connectivity index (χ2v) is 3.52. The van der Waals surface area contributed by atoms with E-state index in [0.717, 1.165) is 11.1 Å². The minimum atomic E-state index is -0.282. The van der Waals surface area contributed by atoms with E-state index in [2.05, 4.69) is 0 Å². The monoisotopic (exact) mass is 197 g/mol. The van der Waals surface area contributed by atoms with E-state index in [0.29, 0.717) is 12.0 Å². The Labute approximate surface area is 83.6 Å². The van der Waals surface area contributed by atoms with Crippen molar-refractivity contribution in [1.82, 2.24) is 0 Å². The lowest BCUT2D eigenvalue weighted by Gasteiger charge is -2.16. The molecule has 0 saturated carbocycles. The third-order valence-corrected chi connectivity index (χ3v) is 2.48. The molecule has 0 heterocycles. The van der Waals surface area contributed by atoms with Gasteiger partial charge in [0.2, 0.25) is 0 Å². The smallest absolute Gasteiger partial charge is 0.126 e. The first-order valence-electron chi connectivity index (χ1n) is 4.70. The minimum Gasteiger partial charge on any atom is -0.396 e. The Morgan fingerprint density at radius 2 is 2.07 bits per heavy atom. The lowest BCUT2D eigenvalue weighted by atomic mass is 9.94. The fourth-order valence-corrected chi connectivity index (χ4v) is 1.69. The van der Waals surface area contributed by atoms with Gasteiger partial charge in [0.1, 0.15) is 5.82 Å². The van der Waals surface area contributed by atoms with Gasteiger partial charge in [-0.15, -0.1) is 0 Å². The van der Waals surface area contributed by atoms with E-state index in [9.17, 15) is 4.39 Å². The largest absolute Gasteiger partial charge is 0.396 e. The van der Waals surface area contributed by atoms with Crippen molar-refractivity contribution in [2.45, 2.75) is 26.3 Å². The quantitative estimate of drug-likeness (QED) is 0.776. The van der Waals surface area contributed by atoms with Crippen molar-refractivity contribution in [3.63, 3.8) is 0 Å². The van der Waals surface area contributed by atoms with Crippen LogP contribution in [0.15, 0.2) is 12.1 Å². The van der Waals surface area contributed by atoms with Crippen LogP contribution in [-0.4, -0.2) is 11.7 Å². The van der Waals surface area contributed by atoms with Gasteiger partial charge in [0.15, 0.2) is 0 Å². The summed E-state index contributed by atoms with van der Waals surface area (Å²) in [6.07, 6.45) is 0.463. The number of aryl methyl sites for hydroxylation is 1.